The molecule has 0 unspecified atom stereocenters. The Morgan fingerprint density at radius 1 is 0.412 bits per heavy atom. The van der Waals surface area contributed by atoms with Gasteiger partial charge in [-0.05, 0) is 124 Å². The monoisotopic (exact) mass is 741 g/mol. The molecule has 3 heteroatoms. The van der Waals surface area contributed by atoms with Crippen LogP contribution in [-0.4, -0.2) is 4.70 Å². The number of unbranched alkanes of at least 4 members (excludes halogenated alkanes) is 8. The van der Waals surface area contributed by atoms with E-state index in [4.69, 9.17) is 0 Å². The first kappa shape index (κ1) is 49.0. The van der Waals surface area contributed by atoms with Crippen LogP contribution in [-0.2, 0) is 42.2 Å². The van der Waals surface area contributed by atoms with Crippen molar-refractivity contribution in [3.05, 3.63) is 100 Å². The Labute approximate surface area is 328 Å². The van der Waals surface area contributed by atoms with Crippen LogP contribution in [0.1, 0.15) is 204 Å². The molecule has 51 heavy (non-hydrogen) atoms. The van der Waals surface area contributed by atoms with Gasteiger partial charge in [0, 0.05) is 22.3 Å². The van der Waals surface area contributed by atoms with Gasteiger partial charge in [0.2, 0.25) is 11.4 Å². The molecule has 1 aliphatic rings. The van der Waals surface area contributed by atoms with Gasteiger partial charge in [-0.3, -0.25) is 0 Å². The van der Waals surface area contributed by atoms with Crippen LogP contribution in [0.2, 0.25) is 0 Å². The number of benzene rings is 2. The van der Waals surface area contributed by atoms with Gasteiger partial charge in [0.25, 0.3) is 0 Å². The van der Waals surface area contributed by atoms with Crippen LogP contribution in [0.15, 0.2) is 47.5 Å². The number of nitrogens with zero attached hydrogens (tertiary/aromatic N) is 2. The van der Waals surface area contributed by atoms with Gasteiger partial charge in [0.1, 0.15) is 0 Å². The van der Waals surface area contributed by atoms with Crippen LogP contribution in [0.3, 0.4) is 0 Å². The number of hydrogen-bond acceptors (Lipinski definition) is 0. The fourth-order valence-electron chi connectivity index (χ4n) is 6.39. The van der Waals surface area contributed by atoms with E-state index in [0.29, 0.717) is 0 Å². The Morgan fingerprint density at radius 2 is 0.647 bits per heavy atom. The molecule has 2 nitrogen and oxygen atoms in total. The molecular formula is C48H78N2Ni. The van der Waals surface area contributed by atoms with Crippen LogP contribution in [0.5, 0.6) is 0 Å². The molecule has 1 aliphatic heterocycles. The largest absolute Gasteiger partial charge is 2.00 e. The number of allylic oxidation sites excluding steroid dienone is 2. The topological polar surface area (TPSA) is 25.3 Å². The third-order valence-corrected chi connectivity index (χ3v) is 9.56. The number of rotatable bonds is 22. The van der Waals surface area contributed by atoms with E-state index in [2.05, 4.69) is 106 Å². The van der Waals surface area contributed by atoms with Gasteiger partial charge in [0.05, 0.1) is 0 Å². The van der Waals surface area contributed by atoms with E-state index in [-0.39, 0.29) is 16.5 Å². The molecule has 0 aromatic heterocycles. The van der Waals surface area contributed by atoms with Gasteiger partial charge in [0.15, 0.2) is 0 Å². The molecule has 290 valence electrons. The molecule has 2 aromatic carbocycles. The summed E-state index contributed by atoms with van der Waals surface area (Å²) >= 11 is 0. The molecule has 3 rings (SSSR count). The minimum Gasteiger partial charge on any atom is -0.493 e. The van der Waals surface area contributed by atoms with E-state index in [0.717, 1.165) is 88.4 Å². The van der Waals surface area contributed by atoms with Crippen molar-refractivity contribution in [3.8, 4) is 0 Å². The average molecular weight is 742 g/mol. The maximum Gasteiger partial charge on any atom is 2.00 e. The zero-order valence-corrected chi connectivity index (χ0v) is 35.6. The third-order valence-electron chi connectivity index (χ3n) is 9.56. The van der Waals surface area contributed by atoms with Crippen LogP contribution in [0.25, 0.3) is 16.9 Å². The second-order valence-corrected chi connectivity index (χ2v) is 14.4. The Bertz CT molecular complexity index is 1130. The minimum absolute atomic E-state index is 0. The Balaban J connectivity index is 0.00000251. The average Bonchev–Trinajstić information content (AvgIpc) is 3.42. The van der Waals surface area contributed by atoms with E-state index in [9.17, 15) is 5.53 Å². The van der Waals surface area contributed by atoms with Gasteiger partial charge in [-0.2, -0.15) is 12.8 Å². The molecule has 0 aliphatic carbocycles. The van der Waals surface area contributed by atoms with Crippen molar-refractivity contribution in [3.63, 3.8) is 0 Å². The van der Waals surface area contributed by atoms with E-state index < -0.39 is 0 Å². The predicted octanol–water partition coefficient (Wildman–Crippen LogP) is 15.8. The van der Waals surface area contributed by atoms with Crippen molar-refractivity contribution in [1.82, 2.24) is 0 Å². The predicted molar refractivity (Wildman–Crippen MR) is 224 cm³/mol. The molecule has 2 aromatic rings. The zero-order valence-electron chi connectivity index (χ0n) is 34.6. The summed E-state index contributed by atoms with van der Waals surface area (Å²) in [5.74, 6) is 0. The minimum atomic E-state index is 0. The van der Waals surface area contributed by atoms with Crippen molar-refractivity contribution >= 4 is 11.4 Å². The Kier molecular flexibility index (Phi) is 29.3. The summed E-state index contributed by atoms with van der Waals surface area (Å²) in [6.45, 7) is 25.1. The summed E-state index contributed by atoms with van der Waals surface area (Å²) in [5.41, 5.74) is 25.2. The third kappa shape index (κ3) is 17.6. The molecule has 0 bridgehead atoms. The van der Waals surface area contributed by atoms with Gasteiger partial charge in [-0.25, -0.2) is 4.70 Å². The van der Waals surface area contributed by atoms with Crippen LogP contribution < -0.4 is 0 Å². The molecule has 0 N–H and O–H groups in total. The van der Waals surface area contributed by atoms with E-state index >= 15 is 0 Å². The van der Waals surface area contributed by atoms with Crippen molar-refractivity contribution in [1.29, 1.82) is 0 Å². The SMILES string of the molecule is CCCCC1=C(c2cc(CCCC)cc(CCCC)c2)[N+](=[N-])C(c2cc(CCCC)cc(CCCC)c2)=C1CCCC.[CH2-]CCC.[CH2-]CCC.[Ni+2]. The van der Waals surface area contributed by atoms with Gasteiger partial charge >= 0.3 is 16.5 Å². The maximum atomic E-state index is 12.3. The molecule has 0 fully saturated rings. The van der Waals surface area contributed by atoms with Gasteiger partial charge in [-0.15, -0.1) is 0 Å². The standard InChI is InChI=1S/C40H60N2.2C4H9.Ni/c1-7-13-19-31-25-32(20-14-8-2)28-35(27-31)39-37(23-17-11-5)38(24-18-12-6)40(42(39)41)36-29-33(21-15-9-3)26-34(30-36)22-16-10-4;2*1-3-4-2;/h25-30H,7-24H2,1-6H3;2*1,3-4H2,2H3;/q;2*-1;+2. The van der Waals surface area contributed by atoms with Crippen molar-refractivity contribution < 1.29 is 21.2 Å². The van der Waals surface area contributed by atoms with Crippen LogP contribution >= 0.6 is 0 Å². The van der Waals surface area contributed by atoms with Crippen molar-refractivity contribution in [2.24, 2.45) is 0 Å². The van der Waals surface area contributed by atoms with Crippen molar-refractivity contribution in [2.75, 3.05) is 0 Å². The van der Waals surface area contributed by atoms with E-state index in [1.165, 1.54) is 109 Å². The summed E-state index contributed by atoms with van der Waals surface area (Å²) < 4.78 is 1.63. The van der Waals surface area contributed by atoms with E-state index in [1.807, 2.05) is 0 Å². The molecule has 0 saturated carbocycles. The molecule has 1 heterocycles. The molecule has 0 amide bonds. The molecule has 0 saturated heterocycles. The fourth-order valence-corrected chi connectivity index (χ4v) is 6.39. The summed E-state index contributed by atoms with van der Waals surface area (Å²) in [6.07, 6.45) is 25.3. The second kappa shape index (κ2) is 30.5. The van der Waals surface area contributed by atoms with Crippen LogP contribution in [0, 0.1) is 13.8 Å². The first-order valence-corrected chi connectivity index (χ1v) is 21.1. The Morgan fingerprint density at radius 3 is 0.863 bits per heavy atom. The molecular weight excluding hydrogens is 663 g/mol. The quantitative estimate of drug-likeness (QED) is 0.0652. The smallest absolute Gasteiger partial charge is 0.493 e. The van der Waals surface area contributed by atoms with E-state index in [1.54, 1.807) is 4.70 Å². The Hall–Kier alpha value is -1.99. The fraction of sp³-hybridized carbons (Fsp3) is 0.625. The first-order valence-electron chi connectivity index (χ1n) is 21.1. The van der Waals surface area contributed by atoms with Gasteiger partial charge < -0.3 is 19.4 Å². The molecule has 0 atom stereocenters. The molecule has 0 spiro atoms. The normalized spacial score (nSPS) is 12.4. The van der Waals surface area contributed by atoms with Crippen LogP contribution in [0.4, 0.5) is 0 Å². The second-order valence-electron chi connectivity index (χ2n) is 14.4. The molecule has 0 radical (unpaired) electrons. The number of hydrogen-bond donors (Lipinski definition) is 0. The number of aryl methyl sites for hydroxylation is 4. The summed E-state index contributed by atoms with van der Waals surface area (Å²) in [6, 6.07) is 14.4. The summed E-state index contributed by atoms with van der Waals surface area (Å²) in [5, 5.41) is 0. The van der Waals surface area contributed by atoms with Crippen molar-refractivity contribution in [2.45, 2.75) is 197 Å². The summed E-state index contributed by atoms with van der Waals surface area (Å²) in [4.78, 5) is 0. The van der Waals surface area contributed by atoms with Gasteiger partial charge in [-0.1, -0.05) is 119 Å². The first-order chi connectivity index (χ1) is 24.3. The summed E-state index contributed by atoms with van der Waals surface area (Å²) in [7, 11) is 0. The zero-order chi connectivity index (χ0) is 37.1. The maximum absolute atomic E-state index is 12.3.